The Kier molecular flexibility index (Phi) is 4.69. The molecule has 0 bridgehead atoms. The first-order valence-corrected chi connectivity index (χ1v) is 9.79. The van der Waals surface area contributed by atoms with Gasteiger partial charge in [-0.3, -0.25) is 4.98 Å². The third kappa shape index (κ3) is 3.32. The van der Waals surface area contributed by atoms with Crippen molar-refractivity contribution in [1.82, 2.24) is 15.0 Å². The third-order valence-electron chi connectivity index (χ3n) is 4.68. The maximum absolute atomic E-state index is 15.5. The number of para-hydroxylation sites is 1. The molecule has 0 amide bonds. The van der Waals surface area contributed by atoms with Gasteiger partial charge in [0.1, 0.15) is 27.9 Å². The van der Waals surface area contributed by atoms with E-state index < -0.39 is 5.82 Å². The highest BCUT2D eigenvalue weighted by atomic mass is 35.5. The second-order valence-electron chi connectivity index (χ2n) is 6.57. The molecule has 0 saturated carbocycles. The monoisotopic (exact) mass is 435 g/mol. The summed E-state index contributed by atoms with van der Waals surface area (Å²) >= 11 is 12.0. The highest BCUT2D eigenvalue weighted by Gasteiger charge is 2.18. The van der Waals surface area contributed by atoms with E-state index in [1.165, 1.54) is 6.20 Å². The van der Waals surface area contributed by atoms with E-state index in [1.807, 2.05) is 60.7 Å². The summed E-state index contributed by atoms with van der Waals surface area (Å²) in [6.45, 7) is 0. The summed E-state index contributed by atoms with van der Waals surface area (Å²) in [6.07, 6.45) is 1.45. The zero-order valence-corrected chi connectivity index (χ0v) is 16.8. The van der Waals surface area contributed by atoms with Crippen LogP contribution in [0.15, 0.2) is 72.9 Å². The molecule has 0 fully saturated rings. The first kappa shape index (κ1) is 18.7. The van der Waals surface area contributed by atoms with Crippen molar-refractivity contribution < 1.29 is 9.13 Å². The van der Waals surface area contributed by atoms with Crippen LogP contribution in [-0.2, 0) is 0 Å². The molecule has 2 aromatic heterocycles. The van der Waals surface area contributed by atoms with Gasteiger partial charge in [0, 0.05) is 11.8 Å². The standard InChI is InChI=1S/C23H12Cl2FN3O/c24-22-18-12-27-20(19(26)21(18)28-23(25)29-22)17-11-15(30-14-7-2-1-3-8-14)10-13-6-4-5-9-16(13)17/h1-12H. The van der Waals surface area contributed by atoms with E-state index in [2.05, 4.69) is 15.0 Å². The summed E-state index contributed by atoms with van der Waals surface area (Å²) in [5.41, 5.74) is 0.718. The van der Waals surface area contributed by atoms with Crippen LogP contribution in [0.4, 0.5) is 4.39 Å². The quantitative estimate of drug-likeness (QED) is 0.224. The van der Waals surface area contributed by atoms with E-state index >= 15 is 4.39 Å². The molecule has 3 aromatic carbocycles. The van der Waals surface area contributed by atoms with Gasteiger partial charge in [-0.2, -0.15) is 0 Å². The molecule has 146 valence electrons. The van der Waals surface area contributed by atoms with Crippen LogP contribution in [0.5, 0.6) is 11.5 Å². The number of hydrogen-bond acceptors (Lipinski definition) is 4. The van der Waals surface area contributed by atoms with Gasteiger partial charge in [0.05, 0.1) is 5.39 Å². The Morgan fingerprint density at radius 1 is 0.800 bits per heavy atom. The van der Waals surface area contributed by atoms with Crippen molar-refractivity contribution in [2.75, 3.05) is 0 Å². The predicted molar refractivity (Wildman–Crippen MR) is 117 cm³/mol. The zero-order valence-electron chi connectivity index (χ0n) is 15.3. The van der Waals surface area contributed by atoms with Crippen LogP contribution in [0, 0.1) is 5.82 Å². The van der Waals surface area contributed by atoms with Gasteiger partial charge in [0.15, 0.2) is 5.82 Å². The average Bonchev–Trinajstić information content (AvgIpc) is 2.75. The third-order valence-corrected chi connectivity index (χ3v) is 5.14. The van der Waals surface area contributed by atoms with E-state index in [0.29, 0.717) is 22.4 Å². The summed E-state index contributed by atoms with van der Waals surface area (Å²) in [6, 6.07) is 20.7. The smallest absolute Gasteiger partial charge is 0.224 e. The minimum absolute atomic E-state index is 0.0171. The lowest BCUT2D eigenvalue weighted by Gasteiger charge is -2.13. The molecule has 30 heavy (non-hydrogen) atoms. The Labute approximate surface area is 180 Å². The van der Waals surface area contributed by atoms with Crippen LogP contribution in [0.25, 0.3) is 32.9 Å². The molecule has 0 unspecified atom stereocenters. The normalized spacial score (nSPS) is 11.2. The molecule has 0 radical (unpaired) electrons. The first-order chi connectivity index (χ1) is 14.6. The largest absolute Gasteiger partial charge is 0.457 e. The molecule has 0 spiro atoms. The molecular formula is C23H12Cl2FN3O. The summed E-state index contributed by atoms with van der Waals surface area (Å²) in [7, 11) is 0. The number of ether oxygens (including phenoxy) is 1. The lowest BCUT2D eigenvalue weighted by atomic mass is 10.0. The Hall–Kier alpha value is -3.28. The Morgan fingerprint density at radius 3 is 2.40 bits per heavy atom. The second kappa shape index (κ2) is 7.52. The van der Waals surface area contributed by atoms with Gasteiger partial charge in [-0.15, -0.1) is 0 Å². The van der Waals surface area contributed by atoms with Crippen molar-refractivity contribution in [3.63, 3.8) is 0 Å². The molecular weight excluding hydrogens is 424 g/mol. The van der Waals surface area contributed by atoms with E-state index in [9.17, 15) is 0 Å². The number of rotatable bonds is 3. The second-order valence-corrected chi connectivity index (χ2v) is 7.27. The molecule has 0 saturated heterocycles. The molecule has 7 heteroatoms. The van der Waals surface area contributed by atoms with Crippen LogP contribution in [0.1, 0.15) is 0 Å². The molecule has 2 heterocycles. The van der Waals surface area contributed by atoms with Crippen molar-refractivity contribution in [3.8, 4) is 22.8 Å². The highest BCUT2D eigenvalue weighted by molar-refractivity contribution is 6.35. The van der Waals surface area contributed by atoms with Crippen LogP contribution < -0.4 is 4.74 Å². The van der Waals surface area contributed by atoms with Gasteiger partial charge in [-0.1, -0.05) is 54.1 Å². The molecule has 4 nitrogen and oxygen atoms in total. The van der Waals surface area contributed by atoms with Crippen molar-refractivity contribution in [3.05, 3.63) is 89.2 Å². The van der Waals surface area contributed by atoms with Crippen LogP contribution in [-0.4, -0.2) is 15.0 Å². The number of fused-ring (bicyclic) bond motifs is 2. The van der Waals surface area contributed by atoms with Crippen LogP contribution in [0.2, 0.25) is 10.4 Å². The van der Waals surface area contributed by atoms with Crippen molar-refractivity contribution >= 4 is 44.9 Å². The Morgan fingerprint density at radius 2 is 1.57 bits per heavy atom. The lowest BCUT2D eigenvalue weighted by Crippen LogP contribution is -1.97. The van der Waals surface area contributed by atoms with E-state index in [1.54, 1.807) is 6.07 Å². The number of halogens is 3. The van der Waals surface area contributed by atoms with Crippen LogP contribution in [0.3, 0.4) is 0 Å². The van der Waals surface area contributed by atoms with Gasteiger partial charge in [0.25, 0.3) is 0 Å². The molecule has 0 aliphatic heterocycles. The number of hydrogen-bond donors (Lipinski definition) is 0. The minimum Gasteiger partial charge on any atom is -0.457 e. The fourth-order valence-electron chi connectivity index (χ4n) is 3.35. The van der Waals surface area contributed by atoms with Crippen molar-refractivity contribution in [2.45, 2.75) is 0 Å². The maximum Gasteiger partial charge on any atom is 0.224 e. The SMILES string of the molecule is Fc1c(-c2cc(Oc3ccccc3)cc3ccccc23)ncc2c(Cl)nc(Cl)nc12. The van der Waals surface area contributed by atoms with E-state index in [-0.39, 0.29) is 21.6 Å². The summed E-state index contributed by atoms with van der Waals surface area (Å²) in [4.78, 5) is 12.2. The van der Waals surface area contributed by atoms with Gasteiger partial charge in [0.2, 0.25) is 5.28 Å². The number of nitrogens with zero attached hydrogens (tertiary/aromatic N) is 3. The van der Waals surface area contributed by atoms with Crippen molar-refractivity contribution in [2.24, 2.45) is 0 Å². The molecule has 0 atom stereocenters. The molecule has 0 aliphatic carbocycles. The number of pyridine rings is 1. The first-order valence-electron chi connectivity index (χ1n) is 9.03. The Bertz CT molecular complexity index is 1410. The van der Waals surface area contributed by atoms with Gasteiger partial charge in [-0.05, 0) is 46.6 Å². The molecule has 5 rings (SSSR count). The van der Waals surface area contributed by atoms with Gasteiger partial charge >= 0.3 is 0 Å². The fraction of sp³-hybridized carbons (Fsp3) is 0. The summed E-state index contributed by atoms with van der Waals surface area (Å²) < 4.78 is 21.5. The van der Waals surface area contributed by atoms with Crippen molar-refractivity contribution in [1.29, 1.82) is 0 Å². The van der Waals surface area contributed by atoms with E-state index in [0.717, 1.165) is 10.8 Å². The predicted octanol–water partition coefficient (Wildman–Crippen LogP) is 7.08. The van der Waals surface area contributed by atoms with E-state index in [4.69, 9.17) is 27.9 Å². The molecule has 5 aromatic rings. The highest BCUT2D eigenvalue weighted by Crippen LogP contribution is 2.37. The minimum atomic E-state index is -0.624. The number of aromatic nitrogens is 3. The van der Waals surface area contributed by atoms with Gasteiger partial charge in [-0.25, -0.2) is 14.4 Å². The molecule has 0 aliphatic rings. The topological polar surface area (TPSA) is 47.9 Å². The number of benzene rings is 3. The maximum atomic E-state index is 15.5. The summed E-state index contributed by atoms with van der Waals surface area (Å²) in [5, 5.41) is 1.93. The fourth-order valence-corrected chi connectivity index (χ4v) is 3.78. The van der Waals surface area contributed by atoms with Crippen LogP contribution >= 0.6 is 23.2 Å². The lowest BCUT2D eigenvalue weighted by molar-refractivity contribution is 0.483. The summed E-state index contributed by atoms with van der Waals surface area (Å²) in [5.74, 6) is 0.618. The zero-order chi connectivity index (χ0) is 20.7. The molecule has 0 N–H and O–H groups in total. The van der Waals surface area contributed by atoms with Gasteiger partial charge < -0.3 is 4.74 Å². The average molecular weight is 436 g/mol. The Balaban J connectivity index is 1.75.